The van der Waals surface area contributed by atoms with Gasteiger partial charge in [0.05, 0.1) is 13.2 Å². The van der Waals surface area contributed by atoms with E-state index in [1.165, 1.54) is 21.9 Å². The van der Waals surface area contributed by atoms with E-state index in [0.717, 1.165) is 46.4 Å². The maximum atomic E-state index is 12.2. The van der Waals surface area contributed by atoms with Crippen molar-refractivity contribution in [1.29, 1.82) is 0 Å². The van der Waals surface area contributed by atoms with Gasteiger partial charge in [-0.05, 0) is 67.6 Å². The van der Waals surface area contributed by atoms with Gasteiger partial charge >= 0.3 is 33.0 Å². The zero-order valence-corrected chi connectivity index (χ0v) is 35.9. The van der Waals surface area contributed by atoms with E-state index in [0.29, 0.717) is 26.3 Å². The summed E-state index contributed by atoms with van der Waals surface area (Å²) >= 11 is 0. The normalized spacial score (nSPS) is 11.0. The van der Waals surface area contributed by atoms with Crippen LogP contribution >= 0.6 is 0 Å². The van der Waals surface area contributed by atoms with Crippen LogP contribution in [-0.2, 0) is 52.0 Å². The molecule has 0 saturated carbocycles. The number of hydrogen-bond donors (Lipinski definition) is 0. The second-order valence-electron chi connectivity index (χ2n) is 13.3. The number of methoxy groups -OCH3 is 2. The van der Waals surface area contributed by atoms with Crippen molar-refractivity contribution in [2.75, 3.05) is 87.8 Å². The van der Waals surface area contributed by atoms with Crippen LogP contribution in [0.15, 0.2) is 121 Å². The van der Waals surface area contributed by atoms with E-state index in [1.54, 1.807) is 14.2 Å². The summed E-state index contributed by atoms with van der Waals surface area (Å²) in [6, 6.07) is 43.5. The molecule has 0 saturated heterocycles. The molecule has 0 aliphatic rings. The van der Waals surface area contributed by atoms with Crippen LogP contribution in [0.1, 0.15) is 20.3 Å². The molecule has 0 aromatic heterocycles. The number of carboxylic acids is 2. The molecule has 0 unspecified atom stereocenters. The van der Waals surface area contributed by atoms with Crippen LogP contribution < -0.4 is 37.2 Å². The third-order valence-corrected chi connectivity index (χ3v) is 8.54. The number of likely N-dealkylation sites (N-methyl/N-ethyl adjacent to an activating group) is 1. The third kappa shape index (κ3) is 22.4. The quantitative estimate of drug-likeness (QED) is 0.124. The van der Waals surface area contributed by atoms with Gasteiger partial charge in [-0.3, -0.25) is 4.90 Å². The Labute approximate surface area is 356 Å². The molecule has 4 aromatic rings. The first-order chi connectivity index (χ1) is 25.9. The summed E-state index contributed by atoms with van der Waals surface area (Å²) in [4.78, 5) is 24.2. The summed E-state index contributed by atoms with van der Waals surface area (Å²) in [5.74, 6) is -2.17. The summed E-state index contributed by atoms with van der Waals surface area (Å²) in [5.41, 5.74) is 5.36. The molecule has 0 bridgehead atoms. The zero-order valence-electron chi connectivity index (χ0n) is 33.9. The predicted molar refractivity (Wildman–Crippen MR) is 216 cm³/mol. The van der Waals surface area contributed by atoms with Crippen LogP contribution in [0.4, 0.5) is 0 Å². The minimum Gasteiger partial charge on any atom is -0.850 e. The predicted octanol–water partition coefficient (Wildman–Crippen LogP) is -0.235. The Balaban J connectivity index is 0. The first-order valence-electron chi connectivity index (χ1n) is 18.3. The average Bonchev–Trinajstić information content (AvgIpc) is 3.14. The fourth-order valence-corrected chi connectivity index (χ4v) is 6.30. The monoisotopic (exact) mass is 857 g/mol. The molecule has 4 rings (SSSR count). The third-order valence-electron chi connectivity index (χ3n) is 8.54. The summed E-state index contributed by atoms with van der Waals surface area (Å²) in [6.07, 6.45) is -0.719. The number of nitrogens with zero attached hydrogens (tertiary/aromatic N) is 3. The Morgan fingerprint density at radius 3 is 1.16 bits per heavy atom. The molecule has 56 heavy (non-hydrogen) atoms. The molecule has 1 radical (unpaired) electrons. The van der Waals surface area contributed by atoms with Crippen molar-refractivity contribution >= 4 is 39.9 Å². The second kappa shape index (κ2) is 32.7. The first kappa shape index (κ1) is 54.7. The van der Waals surface area contributed by atoms with Gasteiger partial charge in [0.15, 0.2) is 0 Å². The summed E-state index contributed by atoms with van der Waals surface area (Å²) < 4.78 is 10.2. The van der Waals surface area contributed by atoms with Crippen LogP contribution in [0.2, 0.25) is 0 Å². The van der Waals surface area contributed by atoms with E-state index in [4.69, 9.17) is 29.3 Å². The molecule has 4 aromatic carbocycles. The van der Waals surface area contributed by atoms with Gasteiger partial charge in [-0.25, -0.2) is 0 Å². The first-order valence-corrected chi connectivity index (χ1v) is 18.3. The van der Waals surface area contributed by atoms with Crippen LogP contribution in [0.25, 0.3) is 0 Å². The standard InChI is InChI=1S/C24H20B.C15H34N3O3.2C2H4O2.2Ni/c1-5-13-21(14-6-1)25(22-15-7-2-8-16-22,23-17-9-3-10-18-23)24-19-11-4-12-20-24;1-16(2)7-6-8-17(3)13-15(19)14-18(9-11-20-4)10-12-21-5;2*1-2(3)4;;/h1-20H;15H,6-14H2,1-5H3;2*1H3,(H,3,4);;/q2*-1;;;+2;+3/p-2/t;15-;;;;/m.1..../s1. The maximum absolute atomic E-state index is 12.2. The van der Waals surface area contributed by atoms with Crippen molar-refractivity contribution in [3.63, 3.8) is 0 Å². The largest absolute Gasteiger partial charge is 3.00 e. The molecule has 0 amide bonds. The molecule has 0 heterocycles. The van der Waals surface area contributed by atoms with Crippen LogP contribution in [0.5, 0.6) is 0 Å². The maximum Gasteiger partial charge on any atom is 3.00 e. The van der Waals surface area contributed by atoms with Gasteiger partial charge in [-0.1, -0.05) is 121 Å². The second-order valence-corrected chi connectivity index (χ2v) is 13.3. The van der Waals surface area contributed by atoms with E-state index >= 15 is 0 Å². The number of carboxylic acid groups (broad SMARTS) is 2. The summed E-state index contributed by atoms with van der Waals surface area (Å²) in [7, 11) is 9.53. The van der Waals surface area contributed by atoms with Gasteiger partial charge in [-0.2, -0.15) is 21.9 Å². The number of ether oxygens (including phenoxy) is 2. The molecule has 311 valence electrons. The molecule has 13 heteroatoms. The van der Waals surface area contributed by atoms with E-state index in [1.807, 2.05) is 7.05 Å². The topological polar surface area (TPSA) is 132 Å². The van der Waals surface area contributed by atoms with Crippen LogP contribution in [0, 0.1) is 0 Å². The number of benzene rings is 4. The summed E-state index contributed by atoms with van der Waals surface area (Å²) in [5, 5.41) is 30.0. The Bertz CT molecular complexity index is 1340. The molecular formula is C43H60BN3Ni2O7+. The zero-order chi connectivity index (χ0) is 40.2. The Kier molecular flexibility index (Phi) is 31.9. The van der Waals surface area contributed by atoms with Crippen molar-refractivity contribution in [1.82, 2.24) is 14.7 Å². The van der Waals surface area contributed by atoms with Crippen molar-refractivity contribution in [2.24, 2.45) is 0 Å². The van der Waals surface area contributed by atoms with Crippen molar-refractivity contribution in [3.05, 3.63) is 121 Å². The fourth-order valence-electron chi connectivity index (χ4n) is 6.30. The van der Waals surface area contributed by atoms with E-state index < -0.39 is 24.2 Å². The Morgan fingerprint density at radius 2 is 0.893 bits per heavy atom. The number of rotatable bonds is 18. The molecule has 0 aliphatic heterocycles. The van der Waals surface area contributed by atoms with Gasteiger partial charge in [0.2, 0.25) is 0 Å². The van der Waals surface area contributed by atoms with Crippen molar-refractivity contribution < 1.29 is 67.4 Å². The van der Waals surface area contributed by atoms with Crippen molar-refractivity contribution in [2.45, 2.75) is 26.4 Å². The average molecular weight is 859 g/mol. The molecule has 0 fully saturated rings. The summed E-state index contributed by atoms with van der Waals surface area (Å²) in [6.45, 7) is 7.96. The molecule has 10 nitrogen and oxygen atoms in total. The number of hydrogen-bond acceptors (Lipinski definition) is 10. The van der Waals surface area contributed by atoms with Gasteiger partial charge in [-0.15, -0.1) is 6.10 Å². The molecular weight excluding hydrogens is 799 g/mol. The Hall–Kier alpha value is -3.37. The van der Waals surface area contributed by atoms with E-state index in [2.05, 4.69) is 150 Å². The molecule has 0 N–H and O–H groups in total. The van der Waals surface area contributed by atoms with Crippen LogP contribution in [0.3, 0.4) is 0 Å². The number of aliphatic carboxylic acids is 2. The van der Waals surface area contributed by atoms with Gasteiger partial charge in [0.25, 0.3) is 0 Å². The molecule has 0 spiro atoms. The van der Waals surface area contributed by atoms with E-state index in [-0.39, 0.29) is 33.0 Å². The van der Waals surface area contributed by atoms with E-state index in [9.17, 15) is 5.11 Å². The Morgan fingerprint density at radius 1 is 0.589 bits per heavy atom. The number of carbonyl (C=O) groups excluding carboxylic acids is 2. The minimum absolute atomic E-state index is 0. The smallest absolute Gasteiger partial charge is 0.850 e. The SMILES string of the molecule is CC(=O)[O-].CC(=O)[O-].COCCN(CCOC)C[C@H]([O-])CN(C)CCCN(C)C.[Ni+2].[Ni+3].c1ccc([B-](c2ccccc2)(c2ccccc2)c2ccccc2)cc1. The fraction of sp³-hybridized carbons (Fsp3) is 0.395. The van der Waals surface area contributed by atoms with Crippen molar-refractivity contribution in [3.8, 4) is 0 Å². The van der Waals surface area contributed by atoms with Gasteiger partial charge < -0.3 is 44.2 Å². The van der Waals surface area contributed by atoms with Gasteiger partial charge in [0, 0.05) is 39.2 Å². The minimum atomic E-state index is -1.22. The number of carbonyl (C=O) groups is 2. The molecule has 1 atom stereocenters. The van der Waals surface area contributed by atoms with Gasteiger partial charge in [0.1, 0.15) is 6.15 Å². The van der Waals surface area contributed by atoms with Crippen LogP contribution in [-0.4, -0.2) is 127 Å². The molecule has 0 aliphatic carbocycles.